The number of amides is 1. The van der Waals surface area contributed by atoms with E-state index in [4.69, 9.17) is 10.5 Å². The van der Waals surface area contributed by atoms with Crippen LogP contribution in [-0.4, -0.2) is 26.8 Å². The number of nitrogens with two attached hydrogens (primary N) is 1. The molecule has 0 radical (unpaired) electrons. The Morgan fingerprint density at radius 3 is 2.58 bits per heavy atom. The van der Waals surface area contributed by atoms with Crippen LogP contribution in [0.15, 0.2) is 6.20 Å². The van der Waals surface area contributed by atoms with Crippen molar-refractivity contribution < 1.29 is 9.53 Å². The second-order valence-electron chi connectivity index (χ2n) is 6.29. The first-order valence-corrected chi connectivity index (χ1v) is 8.75. The van der Waals surface area contributed by atoms with Crippen LogP contribution in [0.4, 0.5) is 5.69 Å². The number of anilines is 1. The summed E-state index contributed by atoms with van der Waals surface area (Å²) in [4.78, 5) is 17.7. The van der Waals surface area contributed by atoms with Crippen LogP contribution < -0.4 is 15.8 Å². The van der Waals surface area contributed by atoms with Gasteiger partial charge in [-0.2, -0.15) is 0 Å². The molecule has 0 aliphatic heterocycles. The number of thiazole rings is 1. The van der Waals surface area contributed by atoms with Gasteiger partial charge in [0, 0.05) is 11.9 Å². The first kappa shape index (κ1) is 18.4. The summed E-state index contributed by atoms with van der Waals surface area (Å²) < 4.78 is 7.46. The van der Waals surface area contributed by atoms with E-state index in [-0.39, 0.29) is 18.1 Å². The normalized spacial score (nSPS) is 13.8. The van der Waals surface area contributed by atoms with Gasteiger partial charge in [-0.05, 0) is 26.7 Å². The van der Waals surface area contributed by atoms with Gasteiger partial charge < -0.3 is 15.8 Å². The third-order valence-electron chi connectivity index (χ3n) is 3.70. The zero-order valence-electron chi connectivity index (χ0n) is 15.0. The van der Waals surface area contributed by atoms with Crippen LogP contribution in [0.3, 0.4) is 0 Å². The molecular weight excluding hydrogens is 326 g/mol. The fraction of sp³-hybridized carbons (Fsp3) is 0.562. The van der Waals surface area contributed by atoms with Crippen molar-refractivity contribution in [1.82, 2.24) is 14.8 Å². The minimum Gasteiger partial charge on any atom is -0.472 e. The van der Waals surface area contributed by atoms with Crippen molar-refractivity contribution in [3.8, 4) is 5.88 Å². The molecule has 132 valence electrons. The second kappa shape index (κ2) is 7.31. The molecule has 24 heavy (non-hydrogen) atoms. The van der Waals surface area contributed by atoms with Crippen molar-refractivity contribution >= 4 is 22.9 Å². The molecule has 0 aromatic carbocycles. The molecule has 2 unspecified atom stereocenters. The Morgan fingerprint density at radius 1 is 1.38 bits per heavy atom. The molecule has 0 spiro atoms. The highest BCUT2D eigenvalue weighted by atomic mass is 32.1. The SMILES string of the molecule is Cc1sc(C(C)N)nc1C(=O)Nc1cn(C)nc1OC(C)C(C)C. The Labute approximate surface area is 146 Å². The van der Waals surface area contributed by atoms with Gasteiger partial charge >= 0.3 is 0 Å². The van der Waals surface area contributed by atoms with Crippen molar-refractivity contribution in [3.63, 3.8) is 0 Å². The minimum absolute atomic E-state index is 0.0127. The Morgan fingerprint density at radius 2 is 2.04 bits per heavy atom. The Hall–Kier alpha value is -1.93. The van der Waals surface area contributed by atoms with Crippen LogP contribution in [0.5, 0.6) is 5.88 Å². The molecule has 2 atom stereocenters. The Bertz CT molecular complexity index is 720. The molecule has 2 aromatic heterocycles. The molecule has 0 bridgehead atoms. The van der Waals surface area contributed by atoms with Crippen LogP contribution in [0.1, 0.15) is 54.1 Å². The molecule has 0 saturated heterocycles. The number of hydrogen-bond acceptors (Lipinski definition) is 6. The molecule has 2 heterocycles. The van der Waals surface area contributed by atoms with E-state index in [0.29, 0.717) is 23.2 Å². The maximum atomic E-state index is 12.6. The van der Waals surface area contributed by atoms with Crippen molar-refractivity contribution in [1.29, 1.82) is 0 Å². The molecule has 0 saturated carbocycles. The van der Waals surface area contributed by atoms with Gasteiger partial charge in [-0.1, -0.05) is 13.8 Å². The van der Waals surface area contributed by atoms with Crippen molar-refractivity contribution in [2.45, 2.75) is 46.8 Å². The van der Waals surface area contributed by atoms with Crippen molar-refractivity contribution in [2.75, 3.05) is 5.32 Å². The lowest BCUT2D eigenvalue weighted by atomic mass is 10.1. The first-order valence-electron chi connectivity index (χ1n) is 7.93. The summed E-state index contributed by atoms with van der Waals surface area (Å²) in [5.74, 6) is 0.461. The molecule has 2 aromatic rings. The molecule has 1 amide bonds. The fourth-order valence-electron chi connectivity index (χ4n) is 1.96. The number of nitrogens with zero attached hydrogens (tertiary/aromatic N) is 3. The average molecular weight is 351 g/mol. The Balaban J connectivity index is 2.20. The lowest BCUT2D eigenvalue weighted by Gasteiger charge is -2.17. The Kier molecular flexibility index (Phi) is 5.61. The molecule has 0 aliphatic carbocycles. The van der Waals surface area contributed by atoms with Gasteiger partial charge in [0.25, 0.3) is 11.8 Å². The molecule has 3 N–H and O–H groups in total. The van der Waals surface area contributed by atoms with E-state index in [1.165, 1.54) is 11.3 Å². The van der Waals surface area contributed by atoms with Gasteiger partial charge in [0.2, 0.25) is 0 Å². The van der Waals surface area contributed by atoms with Crippen LogP contribution in [0.25, 0.3) is 0 Å². The van der Waals surface area contributed by atoms with E-state index < -0.39 is 0 Å². The van der Waals surface area contributed by atoms with E-state index in [1.807, 2.05) is 20.8 Å². The van der Waals surface area contributed by atoms with Gasteiger partial charge in [-0.25, -0.2) is 4.98 Å². The maximum absolute atomic E-state index is 12.6. The minimum atomic E-state index is -0.286. The molecule has 0 aliphatic rings. The number of rotatable bonds is 6. The summed E-state index contributed by atoms with van der Waals surface area (Å²) in [6, 6.07) is -0.195. The zero-order chi connectivity index (χ0) is 18.0. The number of carbonyl (C=O) groups excluding carboxylic acids is 1. The largest absolute Gasteiger partial charge is 0.472 e. The van der Waals surface area contributed by atoms with Crippen LogP contribution in [0.2, 0.25) is 0 Å². The van der Waals surface area contributed by atoms with E-state index in [1.54, 1.807) is 17.9 Å². The number of carbonyl (C=O) groups is 1. The standard InChI is InChI=1S/C16H25N5O2S/c1-8(2)10(4)23-15-12(7-21(6)20-15)18-14(22)13-11(5)24-16(19-13)9(3)17/h7-10H,17H2,1-6H3,(H,18,22). The number of aryl methyl sites for hydroxylation is 2. The molecule has 8 heteroatoms. The zero-order valence-corrected chi connectivity index (χ0v) is 15.8. The summed E-state index contributed by atoms with van der Waals surface area (Å²) in [5, 5.41) is 7.86. The van der Waals surface area contributed by atoms with Crippen LogP contribution in [0, 0.1) is 12.8 Å². The van der Waals surface area contributed by atoms with Crippen molar-refractivity contribution in [3.05, 3.63) is 21.8 Å². The lowest BCUT2D eigenvalue weighted by molar-refractivity contribution is 0.102. The third kappa shape index (κ3) is 4.12. The summed E-state index contributed by atoms with van der Waals surface area (Å²) in [6.45, 7) is 9.82. The quantitative estimate of drug-likeness (QED) is 0.834. The third-order valence-corrected chi connectivity index (χ3v) is 4.87. The number of nitrogens with one attached hydrogen (secondary N) is 1. The van der Waals surface area contributed by atoms with Gasteiger partial charge in [0.05, 0.1) is 12.2 Å². The topological polar surface area (TPSA) is 95.1 Å². The molecule has 7 nitrogen and oxygen atoms in total. The molecule has 2 rings (SSSR count). The van der Waals surface area contributed by atoms with Crippen LogP contribution in [-0.2, 0) is 7.05 Å². The first-order chi connectivity index (χ1) is 11.2. The van der Waals surface area contributed by atoms with E-state index >= 15 is 0 Å². The van der Waals surface area contributed by atoms with E-state index in [2.05, 4.69) is 29.2 Å². The summed E-state index contributed by atoms with van der Waals surface area (Å²) in [6.07, 6.45) is 1.70. The number of aromatic nitrogens is 3. The van der Waals surface area contributed by atoms with Gasteiger partial charge in [-0.15, -0.1) is 16.4 Å². The lowest BCUT2D eigenvalue weighted by Crippen LogP contribution is -2.20. The highest BCUT2D eigenvalue weighted by Crippen LogP contribution is 2.27. The highest BCUT2D eigenvalue weighted by molar-refractivity contribution is 7.12. The molecule has 0 fully saturated rings. The predicted molar refractivity (Wildman–Crippen MR) is 95.5 cm³/mol. The van der Waals surface area contributed by atoms with Gasteiger partial charge in [-0.3, -0.25) is 9.48 Å². The van der Waals surface area contributed by atoms with Gasteiger partial charge in [0.15, 0.2) is 0 Å². The smallest absolute Gasteiger partial charge is 0.275 e. The number of hydrogen-bond donors (Lipinski definition) is 2. The average Bonchev–Trinajstić information content (AvgIpc) is 3.02. The van der Waals surface area contributed by atoms with Crippen molar-refractivity contribution in [2.24, 2.45) is 18.7 Å². The maximum Gasteiger partial charge on any atom is 0.275 e. The van der Waals surface area contributed by atoms with E-state index in [9.17, 15) is 4.79 Å². The summed E-state index contributed by atoms with van der Waals surface area (Å²) in [7, 11) is 1.78. The predicted octanol–water partition coefficient (Wildman–Crippen LogP) is 2.88. The van der Waals surface area contributed by atoms with E-state index in [0.717, 1.165) is 9.88 Å². The number of ether oxygens (including phenoxy) is 1. The summed E-state index contributed by atoms with van der Waals surface area (Å²) in [5.41, 5.74) is 6.76. The van der Waals surface area contributed by atoms with Gasteiger partial charge in [0.1, 0.15) is 22.5 Å². The van der Waals surface area contributed by atoms with Crippen LogP contribution >= 0.6 is 11.3 Å². The second-order valence-corrected chi connectivity index (χ2v) is 7.52. The summed E-state index contributed by atoms with van der Waals surface area (Å²) >= 11 is 1.44. The molecular formula is C16H25N5O2S. The highest BCUT2D eigenvalue weighted by Gasteiger charge is 2.21. The monoisotopic (exact) mass is 351 g/mol. The fourth-order valence-corrected chi connectivity index (χ4v) is 2.83.